The molecule has 0 aliphatic heterocycles. The molecule has 0 aliphatic rings. The van der Waals surface area contributed by atoms with Crippen LogP contribution in [0.15, 0.2) is 29.2 Å². The standard InChI is InChI=1S/C11H13N5O2/c12-6-9-5-8(1-3-13-9)11(17)14-4-2-10-15-7-18-16-10/h1,3,5,7H,2,4,6,12H2,(H,14,17). The van der Waals surface area contributed by atoms with E-state index in [-0.39, 0.29) is 5.91 Å². The molecule has 7 heteroatoms. The Hall–Kier alpha value is -2.28. The van der Waals surface area contributed by atoms with Gasteiger partial charge in [-0.25, -0.2) is 0 Å². The zero-order valence-corrected chi connectivity index (χ0v) is 9.67. The highest BCUT2D eigenvalue weighted by atomic mass is 16.5. The summed E-state index contributed by atoms with van der Waals surface area (Å²) in [5, 5.41) is 6.41. The van der Waals surface area contributed by atoms with Gasteiger partial charge in [-0.2, -0.15) is 4.98 Å². The molecule has 7 nitrogen and oxygen atoms in total. The van der Waals surface area contributed by atoms with Crippen molar-refractivity contribution >= 4 is 5.91 Å². The molecular formula is C11H13N5O2. The third kappa shape index (κ3) is 3.11. The molecule has 0 saturated heterocycles. The number of aromatic nitrogens is 3. The van der Waals surface area contributed by atoms with E-state index in [0.717, 1.165) is 0 Å². The smallest absolute Gasteiger partial charge is 0.251 e. The van der Waals surface area contributed by atoms with Crippen LogP contribution in [0.3, 0.4) is 0 Å². The molecule has 0 aromatic carbocycles. The average Bonchev–Trinajstić information content (AvgIpc) is 2.92. The first-order valence-corrected chi connectivity index (χ1v) is 5.48. The van der Waals surface area contributed by atoms with E-state index < -0.39 is 0 Å². The third-order valence-electron chi connectivity index (χ3n) is 2.33. The van der Waals surface area contributed by atoms with E-state index in [2.05, 4.69) is 25.0 Å². The fourth-order valence-corrected chi connectivity index (χ4v) is 1.42. The monoisotopic (exact) mass is 247 g/mol. The summed E-state index contributed by atoms with van der Waals surface area (Å²) < 4.78 is 4.59. The van der Waals surface area contributed by atoms with Gasteiger partial charge >= 0.3 is 0 Å². The number of nitrogens with two attached hydrogens (primary N) is 1. The Morgan fingerprint density at radius 3 is 3.06 bits per heavy atom. The number of carbonyl (C=O) groups is 1. The Kier molecular flexibility index (Phi) is 3.98. The maximum absolute atomic E-state index is 11.8. The lowest BCUT2D eigenvalue weighted by atomic mass is 10.2. The number of rotatable bonds is 5. The molecule has 2 heterocycles. The quantitative estimate of drug-likeness (QED) is 0.763. The predicted octanol–water partition coefficient (Wildman–Crippen LogP) is -0.104. The largest absolute Gasteiger partial charge is 0.352 e. The number of hydrogen-bond donors (Lipinski definition) is 2. The number of pyridine rings is 1. The molecule has 0 atom stereocenters. The van der Waals surface area contributed by atoms with E-state index in [0.29, 0.717) is 36.6 Å². The molecule has 3 N–H and O–H groups in total. The summed E-state index contributed by atoms with van der Waals surface area (Å²) in [6.45, 7) is 0.753. The van der Waals surface area contributed by atoms with Crippen LogP contribution in [0.4, 0.5) is 0 Å². The van der Waals surface area contributed by atoms with Crippen molar-refractivity contribution < 1.29 is 9.32 Å². The van der Waals surface area contributed by atoms with E-state index in [1.54, 1.807) is 18.3 Å². The molecule has 0 spiro atoms. The fourth-order valence-electron chi connectivity index (χ4n) is 1.42. The SMILES string of the molecule is NCc1cc(C(=O)NCCc2ncon2)ccn1. The summed E-state index contributed by atoms with van der Waals surface area (Å²) in [5.74, 6) is 0.392. The Balaban J connectivity index is 1.87. The van der Waals surface area contributed by atoms with Gasteiger partial charge in [0, 0.05) is 31.3 Å². The van der Waals surface area contributed by atoms with E-state index in [1.807, 2.05) is 0 Å². The van der Waals surface area contributed by atoms with Gasteiger partial charge in [-0.15, -0.1) is 0 Å². The van der Waals surface area contributed by atoms with Gasteiger partial charge in [0.25, 0.3) is 5.91 Å². The van der Waals surface area contributed by atoms with Crippen molar-refractivity contribution in [1.29, 1.82) is 0 Å². The molecule has 0 aliphatic carbocycles. The summed E-state index contributed by atoms with van der Waals surface area (Å²) in [6.07, 6.45) is 3.35. The molecule has 18 heavy (non-hydrogen) atoms. The third-order valence-corrected chi connectivity index (χ3v) is 2.33. The van der Waals surface area contributed by atoms with E-state index in [9.17, 15) is 4.79 Å². The normalized spacial score (nSPS) is 10.3. The highest BCUT2D eigenvalue weighted by Gasteiger charge is 2.06. The Labute approximate surface area is 103 Å². The van der Waals surface area contributed by atoms with Crippen molar-refractivity contribution in [2.75, 3.05) is 6.54 Å². The van der Waals surface area contributed by atoms with Gasteiger partial charge in [-0.1, -0.05) is 5.16 Å². The molecule has 1 amide bonds. The summed E-state index contributed by atoms with van der Waals surface area (Å²) in [7, 11) is 0. The second kappa shape index (κ2) is 5.87. The van der Waals surface area contributed by atoms with Gasteiger partial charge in [-0.3, -0.25) is 9.78 Å². The molecule has 2 aromatic heterocycles. The second-order valence-corrected chi connectivity index (χ2v) is 3.59. The Morgan fingerprint density at radius 2 is 2.33 bits per heavy atom. The zero-order chi connectivity index (χ0) is 12.8. The van der Waals surface area contributed by atoms with Crippen LogP contribution < -0.4 is 11.1 Å². The zero-order valence-electron chi connectivity index (χ0n) is 9.67. The molecule has 0 bridgehead atoms. The van der Waals surface area contributed by atoms with Crippen LogP contribution in [-0.2, 0) is 13.0 Å². The Bertz CT molecular complexity index is 512. The first kappa shape index (κ1) is 12.2. The number of amides is 1. The molecule has 0 radical (unpaired) electrons. The summed E-state index contributed by atoms with van der Waals surface area (Å²) in [4.78, 5) is 19.7. The summed E-state index contributed by atoms with van der Waals surface area (Å²) in [6, 6.07) is 3.31. The minimum Gasteiger partial charge on any atom is -0.352 e. The molecule has 0 saturated carbocycles. The first-order valence-electron chi connectivity index (χ1n) is 5.48. The predicted molar refractivity (Wildman–Crippen MR) is 62.5 cm³/mol. The van der Waals surface area contributed by atoms with Crippen LogP contribution in [0.2, 0.25) is 0 Å². The lowest BCUT2D eigenvalue weighted by Crippen LogP contribution is -2.26. The van der Waals surface area contributed by atoms with Crippen LogP contribution in [0, 0.1) is 0 Å². The molecule has 0 fully saturated rings. The highest BCUT2D eigenvalue weighted by Crippen LogP contribution is 2.01. The topological polar surface area (TPSA) is 107 Å². The summed E-state index contributed by atoms with van der Waals surface area (Å²) >= 11 is 0. The average molecular weight is 247 g/mol. The van der Waals surface area contributed by atoms with Gasteiger partial charge in [0.15, 0.2) is 5.82 Å². The van der Waals surface area contributed by atoms with Gasteiger partial charge in [-0.05, 0) is 12.1 Å². The maximum atomic E-state index is 11.8. The van der Waals surface area contributed by atoms with E-state index in [4.69, 9.17) is 5.73 Å². The van der Waals surface area contributed by atoms with E-state index >= 15 is 0 Å². The van der Waals surface area contributed by atoms with Crippen LogP contribution in [-0.4, -0.2) is 27.6 Å². The Morgan fingerprint density at radius 1 is 1.44 bits per heavy atom. The first-order chi connectivity index (χ1) is 8.79. The second-order valence-electron chi connectivity index (χ2n) is 3.59. The number of hydrogen-bond acceptors (Lipinski definition) is 6. The molecule has 0 unspecified atom stereocenters. The van der Waals surface area contributed by atoms with Crippen LogP contribution in [0.25, 0.3) is 0 Å². The van der Waals surface area contributed by atoms with Crippen LogP contribution in [0.1, 0.15) is 21.9 Å². The summed E-state index contributed by atoms with van der Waals surface area (Å²) in [5.41, 5.74) is 6.68. The van der Waals surface area contributed by atoms with Crippen molar-refractivity contribution in [3.05, 3.63) is 41.8 Å². The lowest BCUT2D eigenvalue weighted by Gasteiger charge is -2.04. The number of nitrogens with zero attached hydrogens (tertiary/aromatic N) is 3. The highest BCUT2D eigenvalue weighted by molar-refractivity contribution is 5.94. The van der Waals surface area contributed by atoms with Gasteiger partial charge in [0.1, 0.15) is 0 Å². The molecular weight excluding hydrogens is 234 g/mol. The van der Waals surface area contributed by atoms with Crippen molar-refractivity contribution in [1.82, 2.24) is 20.4 Å². The van der Waals surface area contributed by atoms with Crippen molar-refractivity contribution in [3.63, 3.8) is 0 Å². The van der Waals surface area contributed by atoms with Crippen LogP contribution in [0.5, 0.6) is 0 Å². The number of nitrogens with one attached hydrogen (secondary N) is 1. The molecule has 2 aromatic rings. The maximum Gasteiger partial charge on any atom is 0.251 e. The van der Waals surface area contributed by atoms with Crippen molar-refractivity contribution in [2.45, 2.75) is 13.0 Å². The van der Waals surface area contributed by atoms with Gasteiger partial charge in [0.2, 0.25) is 6.39 Å². The lowest BCUT2D eigenvalue weighted by molar-refractivity contribution is 0.0953. The van der Waals surface area contributed by atoms with E-state index in [1.165, 1.54) is 6.39 Å². The van der Waals surface area contributed by atoms with Gasteiger partial charge < -0.3 is 15.6 Å². The minimum atomic E-state index is -0.171. The van der Waals surface area contributed by atoms with Gasteiger partial charge in [0.05, 0.1) is 5.69 Å². The minimum absolute atomic E-state index is 0.171. The molecule has 94 valence electrons. The molecule has 2 rings (SSSR count). The fraction of sp³-hybridized carbons (Fsp3) is 0.273. The van der Waals surface area contributed by atoms with Crippen molar-refractivity contribution in [3.8, 4) is 0 Å². The van der Waals surface area contributed by atoms with Crippen molar-refractivity contribution in [2.24, 2.45) is 5.73 Å². The number of carbonyl (C=O) groups excluding carboxylic acids is 1. The van der Waals surface area contributed by atoms with Crippen LogP contribution >= 0.6 is 0 Å².